The molecule has 8 nitrogen and oxygen atoms in total. The highest BCUT2D eigenvalue weighted by atomic mass is 19.4. The monoisotopic (exact) mass is 405 g/mol. The van der Waals surface area contributed by atoms with Crippen LogP contribution in [0.15, 0.2) is 30.9 Å². The normalized spacial score (nSPS) is 20.8. The fourth-order valence-electron chi connectivity index (χ4n) is 3.80. The first-order valence-corrected chi connectivity index (χ1v) is 9.29. The highest BCUT2D eigenvalue weighted by molar-refractivity contribution is 5.58. The van der Waals surface area contributed by atoms with Crippen molar-refractivity contribution in [3.63, 3.8) is 0 Å². The summed E-state index contributed by atoms with van der Waals surface area (Å²) in [6.07, 6.45) is 0.556. The number of anilines is 1. The van der Waals surface area contributed by atoms with Crippen LogP contribution in [0, 0.1) is 0 Å². The van der Waals surface area contributed by atoms with Gasteiger partial charge in [0.2, 0.25) is 0 Å². The van der Waals surface area contributed by atoms with Gasteiger partial charge in [0.1, 0.15) is 11.5 Å². The fourth-order valence-corrected chi connectivity index (χ4v) is 3.80. The first-order valence-electron chi connectivity index (χ1n) is 9.29. The fraction of sp³-hybridized carbons (Fsp3) is 0.444. The number of halogens is 3. The molecule has 2 saturated heterocycles. The van der Waals surface area contributed by atoms with E-state index in [0.717, 1.165) is 51.0 Å². The summed E-state index contributed by atoms with van der Waals surface area (Å²) in [5.74, 6) is 1.05. The first-order chi connectivity index (χ1) is 14.0. The highest BCUT2D eigenvalue weighted by Gasteiger charge is 2.33. The number of aromatic nitrogens is 5. The van der Waals surface area contributed by atoms with Gasteiger partial charge >= 0.3 is 6.18 Å². The summed E-state index contributed by atoms with van der Waals surface area (Å²) in [7, 11) is 0. The second-order valence-corrected chi connectivity index (χ2v) is 7.09. The van der Waals surface area contributed by atoms with Crippen LogP contribution in [0.1, 0.15) is 5.69 Å². The van der Waals surface area contributed by atoms with Crippen molar-refractivity contribution in [2.24, 2.45) is 0 Å². The van der Waals surface area contributed by atoms with E-state index in [-0.39, 0.29) is 0 Å². The Labute approximate surface area is 164 Å². The minimum Gasteiger partial charge on any atom is -0.378 e. The van der Waals surface area contributed by atoms with Crippen LogP contribution < -0.4 is 4.90 Å². The molecule has 0 spiro atoms. The molecule has 0 N–H and O–H groups in total. The predicted octanol–water partition coefficient (Wildman–Crippen LogP) is 1.73. The Morgan fingerprint density at radius 2 is 1.97 bits per heavy atom. The lowest BCUT2D eigenvalue weighted by Gasteiger charge is -2.44. The van der Waals surface area contributed by atoms with Gasteiger partial charge in [-0.25, -0.2) is 19.9 Å². The third-order valence-corrected chi connectivity index (χ3v) is 5.32. The lowest BCUT2D eigenvalue weighted by atomic mass is 10.1. The molecule has 11 heteroatoms. The molecule has 0 aliphatic carbocycles. The minimum absolute atomic E-state index is 0.301. The van der Waals surface area contributed by atoms with Gasteiger partial charge in [0, 0.05) is 38.6 Å². The minimum atomic E-state index is -4.54. The van der Waals surface area contributed by atoms with Gasteiger partial charge in [0.15, 0.2) is 17.2 Å². The van der Waals surface area contributed by atoms with Crippen LogP contribution in [0.4, 0.5) is 19.0 Å². The molecule has 29 heavy (non-hydrogen) atoms. The van der Waals surface area contributed by atoms with Gasteiger partial charge < -0.3 is 9.64 Å². The third-order valence-electron chi connectivity index (χ3n) is 5.32. The van der Waals surface area contributed by atoms with Crippen LogP contribution in [0.2, 0.25) is 0 Å². The van der Waals surface area contributed by atoms with Gasteiger partial charge in [-0.1, -0.05) is 0 Å². The van der Waals surface area contributed by atoms with Crippen molar-refractivity contribution in [1.82, 2.24) is 29.2 Å². The van der Waals surface area contributed by atoms with E-state index in [1.807, 2.05) is 6.07 Å². The van der Waals surface area contributed by atoms with Crippen molar-refractivity contribution in [3.8, 4) is 11.5 Å². The van der Waals surface area contributed by atoms with Crippen LogP contribution in [0.5, 0.6) is 0 Å². The van der Waals surface area contributed by atoms with E-state index in [0.29, 0.717) is 29.8 Å². The second kappa shape index (κ2) is 6.92. The third kappa shape index (κ3) is 3.40. The quantitative estimate of drug-likeness (QED) is 0.643. The van der Waals surface area contributed by atoms with Crippen molar-refractivity contribution in [1.29, 1.82) is 0 Å². The molecule has 5 heterocycles. The van der Waals surface area contributed by atoms with E-state index in [4.69, 9.17) is 4.74 Å². The molecule has 1 unspecified atom stereocenters. The van der Waals surface area contributed by atoms with E-state index in [2.05, 4.69) is 29.7 Å². The molecule has 1 atom stereocenters. The number of fused-ring (bicyclic) bond motifs is 2. The summed E-state index contributed by atoms with van der Waals surface area (Å²) in [4.78, 5) is 21.0. The summed E-state index contributed by atoms with van der Waals surface area (Å²) >= 11 is 0. The summed E-state index contributed by atoms with van der Waals surface area (Å²) < 4.78 is 46.1. The SMILES string of the molecule is FC(F)(F)c1cn2c(-c3nccc(N4CCN5CCOCC5C4)n3)cnc2cn1. The average Bonchev–Trinajstić information content (AvgIpc) is 3.16. The largest absolute Gasteiger partial charge is 0.434 e. The number of hydrogen-bond donors (Lipinski definition) is 0. The smallest absolute Gasteiger partial charge is 0.378 e. The topological polar surface area (TPSA) is 71.7 Å². The predicted molar refractivity (Wildman–Crippen MR) is 97.4 cm³/mol. The molecular weight excluding hydrogens is 387 g/mol. The average molecular weight is 405 g/mol. The number of rotatable bonds is 2. The molecule has 0 amide bonds. The molecular formula is C18H18F3N7O. The Morgan fingerprint density at radius 1 is 1.07 bits per heavy atom. The molecule has 0 saturated carbocycles. The molecule has 2 aliphatic heterocycles. The van der Waals surface area contributed by atoms with E-state index >= 15 is 0 Å². The molecule has 5 rings (SSSR count). The van der Waals surface area contributed by atoms with Gasteiger partial charge in [0.05, 0.1) is 31.6 Å². The molecule has 2 aliphatic rings. The number of alkyl halides is 3. The Morgan fingerprint density at radius 3 is 2.83 bits per heavy atom. The number of nitrogens with zero attached hydrogens (tertiary/aromatic N) is 7. The summed E-state index contributed by atoms with van der Waals surface area (Å²) in [6.45, 7) is 4.91. The van der Waals surface area contributed by atoms with E-state index in [1.54, 1.807) is 6.20 Å². The maximum Gasteiger partial charge on any atom is 0.434 e. The van der Waals surface area contributed by atoms with E-state index < -0.39 is 11.9 Å². The Hall–Kier alpha value is -2.79. The van der Waals surface area contributed by atoms with Gasteiger partial charge in [-0.2, -0.15) is 13.2 Å². The second-order valence-electron chi connectivity index (χ2n) is 7.09. The standard InChI is InChI=1S/C18H18F3N7O/c19-18(20,21)14-10-28-13(7-24-16(28)8-23-14)17-22-2-1-15(25-17)27-4-3-26-5-6-29-11-12(26)9-27/h1-2,7-8,10,12H,3-6,9,11H2. The Kier molecular flexibility index (Phi) is 4.36. The van der Waals surface area contributed by atoms with Crippen LogP contribution in [-0.2, 0) is 10.9 Å². The number of ether oxygens (including phenoxy) is 1. The van der Waals surface area contributed by atoms with Crippen molar-refractivity contribution in [2.75, 3.05) is 44.3 Å². The van der Waals surface area contributed by atoms with Gasteiger partial charge in [-0.15, -0.1) is 0 Å². The molecule has 3 aromatic rings. The summed E-state index contributed by atoms with van der Waals surface area (Å²) in [5.41, 5.74) is -0.307. The first kappa shape index (κ1) is 18.3. The molecule has 0 bridgehead atoms. The zero-order valence-corrected chi connectivity index (χ0v) is 15.4. The van der Waals surface area contributed by atoms with Crippen molar-refractivity contribution in [2.45, 2.75) is 12.2 Å². The van der Waals surface area contributed by atoms with Gasteiger partial charge in [-0.3, -0.25) is 9.30 Å². The lowest BCUT2D eigenvalue weighted by Crippen LogP contribution is -2.58. The van der Waals surface area contributed by atoms with E-state index in [1.165, 1.54) is 10.6 Å². The van der Waals surface area contributed by atoms with Crippen LogP contribution >= 0.6 is 0 Å². The molecule has 0 radical (unpaired) electrons. The number of piperazine rings is 1. The zero-order valence-electron chi connectivity index (χ0n) is 15.4. The molecule has 152 valence electrons. The molecule has 0 aromatic carbocycles. The Bertz CT molecular complexity index is 1040. The summed E-state index contributed by atoms with van der Waals surface area (Å²) in [5, 5.41) is 0. The summed E-state index contributed by atoms with van der Waals surface area (Å²) in [6, 6.07) is 2.13. The maximum atomic E-state index is 13.1. The zero-order chi connectivity index (χ0) is 20.0. The van der Waals surface area contributed by atoms with Crippen molar-refractivity contribution < 1.29 is 17.9 Å². The molecule has 3 aromatic heterocycles. The van der Waals surface area contributed by atoms with Crippen molar-refractivity contribution >= 4 is 11.5 Å². The lowest BCUT2D eigenvalue weighted by molar-refractivity contribution is -0.141. The number of morpholine rings is 1. The van der Waals surface area contributed by atoms with Gasteiger partial charge in [-0.05, 0) is 6.07 Å². The van der Waals surface area contributed by atoms with Crippen molar-refractivity contribution in [3.05, 3.63) is 36.5 Å². The Balaban J connectivity index is 1.47. The maximum absolute atomic E-state index is 13.1. The highest BCUT2D eigenvalue weighted by Crippen LogP contribution is 2.29. The van der Waals surface area contributed by atoms with Crippen LogP contribution in [0.3, 0.4) is 0 Å². The van der Waals surface area contributed by atoms with Crippen LogP contribution in [0.25, 0.3) is 17.2 Å². The van der Waals surface area contributed by atoms with Gasteiger partial charge in [0.25, 0.3) is 0 Å². The number of imidazole rings is 1. The molecule has 2 fully saturated rings. The number of hydrogen-bond acceptors (Lipinski definition) is 7. The van der Waals surface area contributed by atoms with Crippen LogP contribution in [-0.4, -0.2) is 74.7 Å². The van der Waals surface area contributed by atoms with E-state index in [9.17, 15) is 13.2 Å².